The quantitative estimate of drug-likeness (QED) is 0.892. The predicted molar refractivity (Wildman–Crippen MR) is 72.5 cm³/mol. The Bertz CT molecular complexity index is 460. The first-order valence-electron chi connectivity index (χ1n) is 6.74. The number of amides is 1. The van der Waals surface area contributed by atoms with Gasteiger partial charge in [-0.1, -0.05) is 30.2 Å². The largest absolute Gasteiger partial charge is 0.353 e. The Morgan fingerprint density at radius 1 is 1.33 bits per heavy atom. The van der Waals surface area contributed by atoms with Crippen LogP contribution in [0.5, 0.6) is 0 Å². The van der Waals surface area contributed by atoms with Crippen LogP contribution >= 0.6 is 11.6 Å². The molecule has 2 saturated carbocycles. The minimum Gasteiger partial charge on any atom is -0.353 e. The molecule has 0 heterocycles. The molecular formula is C15H18ClNO. The lowest BCUT2D eigenvalue weighted by Gasteiger charge is -2.22. The van der Waals surface area contributed by atoms with Crippen LogP contribution < -0.4 is 5.32 Å². The van der Waals surface area contributed by atoms with Crippen LogP contribution in [0.4, 0.5) is 0 Å². The van der Waals surface area contributed by atoms with E-state index in [1.807, 2.05) is 24.3 Å². The molecule has 3 atom stereocenters. The van der Waals surface area contributed by atoms with Crippen molar-refractivity contribution in [2.24, 2.45) is 11.8 Å². The molecule has 2 aliphatic rings. The lowest BCUT2D eigenvalue weighted by molar-refractivity contribution is -0.121. The predicted octanol–water partition coefficient (Wildman–Crippen LogP) is 3.19. The first-order chi connectivity index (χ1) is 8.70. The SMILES string of the molecule is O=C(Cc1cccc(Cl)c1)N[C@@H]1C[C@H]2CC[C@@H]1C2. The maximum Gasteiger partial charge on any atom is 0.224 e. The fourth-order valence-electron chi connectivity index (χ4n) is 3.51. The molecule has 3 heteroatoms. The van der Waals surface area contributed by atoms with E-state index in [1.54, 1.807) is 0 Å². The Morgan fingerprint density at radius 2 is 2.22 bits per heavy atom. The molecule has 0 aliphatic heterocycles. The van der Waals surface area contributed by atoms with E-state index in [9.17, 15) is 4.79 Å². The molecule has 2 fully saturated rings. The van der Waals surface area contributed by atoms with E-state index in [4.69, 9.17) is 11.6 Å². The van der Waals surface area contributed by atoms with Crippen molar-refractivity contribution < 1.29 is 4.79 Å². The summed E-state index contributed by atoms with van der Waals surface area (Å²) >= 11 is 5.92. The van der Waals surface area contributed by atoms with Gasteiger partial charge >= 0.3 is 0 Å². The molecule has 1 N–H and O–H groups in total. The van der Waals surface area contributed by atoms with Crippen molar-refractivity contribution in [3.05, 3.63) is 34.9 Å². The number of nitrogens with one attached hydrogen (secondary N) is 1. The molecule has 96 valence electrons. The maximum absolute atomic E-state index is 12.0. The third-order valence-corrected chi connectivity index (χ3v) is 4.57. The second kappa shape index (κ2) is 4.93. The molecule has 2 aliphatic carbocycles. The molecule has 18 heavy (non-hydrogen) atoms. The molecule has 0 spiro atoms. The van der Waals surface area contributed by atoms with Crippen molar-refractivity contribution in [2.45, 2.75) is 38.1 Å². The highest BCUT2D eigenvalue weighted by Gasteiger charge is 2.39. The second-order valence-electron chi connectivity index (χ2n) is 5.66. The average molecular weight is 264 g/mol. The van der Waals surface area contributed by atoms with Crippen molar-refractivity contribution >= 4 is 17.5 Å². The molecule has 2 nitrogen and oxygen atoms in total. The van der Waals surface area contributed by atoms with E-state index in [1.165, 1.54) is 25.7 Å². The average Bonchev–Trinajstić information content (AvgIpc) is 2.90. The van der Waals surface area contributed by atoms with Crippen molar-refractivity contribution in [2.75, 3.05) is 0 Å². The molecule has 0 unspecified atom stereocenters. The van der Waals surface area contributed by atoms with Crippen LogP contribution in [0.15, 0.2) is 24.3 Å². The molecule has 0 saturated heterocycles. The van der Waals surface area contributed by atoms with Crippen LogP contribution in [0.3, 0.4) is 0 Å². The smallest absolute Gasteiger partial charge is 0.224 e. The second-order valence-corrected chi connectivity index (χ2v) is 6.09. The first-order valence-corrected chi connectivity index (χ1v) is 7.12. The summed E-state index contributed by atoms with van der Waals surface area (Å²) in [6.07, 6.45) is 5.61. The molecule has 2 bridgehead atoms. The van der Waals surface area contributed by atoms with Crippen molar-refractivity contribution in [1.29, 1.82) is 0 Å². The Balaban J connectivity index is 1.56. The Morgan fingerprint density at radius 3 is 2.89 bits per heavy atom. The summed E-state index contributed by atoms with van der Waals surface area (Å²) in [5.41, 5.74) is 0.989. The van der Waals surface area contributed by atoms with E-state index in [0.717, 1.165) is 17.4 Å². The Kier molecular flexibility index (Phi) is 3.29. The highest BCUT2D eigenvalue weighted by Crippen LogP contribution is 2.44. The number of halogens is 1. The molecule has 3 rings (SSSR count). The minimum atomic E-state index is 0.134. The number of hydrogen-bond acceptors (Lipinski definition) is 1. The van der Waals surface area contributed by atoms with Crippen molar-refractivity contribution in [3.8, 4) is 0 Å². The number of carbonyl (C=O) groups is 1. The minimum absolute atomic E-state index is 0.134. The van der Waals surface area contributed by atoms with Gasteiger partial charge in [0.05, 0.1) is 6.42 Å². The molecule has 1 amide bonds. The number of benzene rings is 1. The lowest BCUT2D eigenvalue weighted by atomic mass is 9.95. The topological polar surface area (TPSA) is 29.1 Å². The van der Waals surface area contributed by atoms with Crippen LogP contribution in [0, 0.1) is 11.8 Å². The van der Waals surface area contributed by atoms with Gasteiger partial charge in [0.1, 0.15) is 0 Å². The van der Waals surface area contributed by atoms with Gasteiger partial charge in [0.2, 0.25) is 5.91 Å². The van der Waals surface area contributed by atoms with Crippen molar-refractivity contribution in [1.82, 2.24) is 5.32 Å². The first kappa shape index (κ1) is 12.0. The van der Waals surface area contributed by atoms with E-state index in [0.29, 0.717) is 17.5 Å². The summed E-state index contributed by atoms with van der Waals surface area (Å²) < 4.78 is 0. The fourth-order valence-corrected chi connectivity index (χ4v) is 3.72. The summed E-state index contributed by atoms with van der Waals surface area (Å²) in [7, 11) is 0. The Labute approximate surface area is 113 Å². The summed E-state index contributed by atoms with van der Waals surface area (Å²) in [4.78, 5) is 12.0. The highest BCUT2D eigenvalue weighted by atomic mass is 35.5. The van der Waals surface area contributed by atoms with Gasteiger partial charge in [0, 0.05) is 11.1 Å². The van der Waals surface area contributed by atoms with Gasteiger partial charge in [0.25, 0.3) is 0 Å². The van der Waals surface area contributed by atoms with Crippen molar-refractivity contribution in [3.63, 3.8) is 0 Å². The Hall–Kier alpha value is -1.02. The molecule has 0 aromatic heterocycles. The summed E-state index contributed by atoms with van der Waals surface area (Å²) in [6, 6.07) is 7.96. The van der Waals surface area contributed by atoms with E-state index < -0.39 is 0 Å². The van der Waals surface area contributed by atoms with Crippen LogP contribution in [-0.4, -0.2) is 11.9 Å². The summed E-state index contributed by atoms with van der Waals surface area (Å²) in [5.74, 6) is 1.74. The fraction of sp³-hybridized carbons (Fsp3) is 0.533. The van der Waals surface area contributed by atoms with Crippen LogP contribution in [-0.2, 0) is 11.2 Å². The number of fused-ring (bicyclic) bond motifs is 2. The summed E-state index contributed by atoms with van der Waals surface area (Å²) in [5, 5.41) is 3.89. The van der Waals surface area contributed by atoms with Gasteiger partial charge in [-0.25, -0.2) is 0 Å². The van der Waals surface area contributed by atoms with Gasteiger partial charge < -0.3 is 5.32 Å². The van der Waals surface area contributed by atoms with E-state index >= 15 is 0 Å². The van der Waals surface area contributed by atoms with E-state index in [2.05, 4.69) is 5.32 Å². The van der Waals surface area contributed by atoms with E-state index in [-0.39, 0.29) is 5.91 Å². The number of carbonyl (C=O) groups excluding carboxylic acids is 1. The molecular weight excluding hydrogens is 246 g/mol. The van der Waals surface area contributed by atoms with Gasteiger partial charge in [-0.2, -0.15) is 0 Å². The highest BCUT2D eigenvalue weighted by molar-refractivity contribution is 6.30. The van der Waals surface area contributed by atoms with Crippen LogP contribution in [0.2, 0.25) is 5.02 Å². The van der Waals surface area contributed by atoms with Gasteiger partial charge in [-0.3, -0.25) is 4.79 Å². The molecule has 1 aromatic rings. The lowest BCUT2D eigenvalue weighted by Crippen LogP contribution is -2.39. The maximum atomic E-state index is 12.0. The molecule has 1 aromatic carbocycles. The zero-order valence-electron chi connectivity index (χ0n) is 10.4. The van der Waals surface area contributed by atoms with Gasteiger partial charge in [-0.05, 0) is 48.8 Å². The number of rotatable bonds is 3. The van der Waals surface area contributed by atoms with Crippen LogP contribution in [0.1, 0.15) is 31.2 Å². The van der Waals surface area contributed by atoms with Crippen LogP contribution in [0.25, 0.3) is 0 Å². The molecule has 0 radical (unpaired) electrons. The van der Waals surface area contributed by atoms with Gasteiger partial charge in [-0.15, -0.1) is 0 Å². The van der Waals surface area contributed by atoms with Gasteiger partial charge in [0.15, 0.2) is 0 Å². The third kappa shape index (κ3) is 2.54. The summed E-state index contributed by atoms with van der Waals surface area (Å²) in [6.45, 7) is 0. The third-order valence-electron chi connectivity index (χ3n) is 4.34. The monoisotopic (exact) mass is 263 g/mol. The zero-order chi connectivity index (χ0) is 12.5. The zero-order valence-corrected chi connectivity index (χ0v) is 11.1. The normalized spacial score (nSPS) is 29.5. The standard InChI is InChI=1S/C15H18ClNO/c16-13-3-1-2-10(7-13)9-15(18)17-14-8-11-4-5-12(14)6-11/h1-3,7,11-12,14H,4-6,8-9H2,(H,17,18)/t11-,12+,14+/m0/s1. The number of hydrogen-bond donors (Lipinski definition) is 1.